The van der Waals surface area contributed by atoms with E-state index < -0.39 is 23.2 Å². The zero-order valence-corrected chi connectivity index (χ0v) is 19.6. The number of rotatable bonds is 5. The molecule has 5 rings (SSSR count). The maximum Gasteiger partial charge on any atom is 0.416 e. The van der Waals surface area contributed by atoms with Crippen molar-refractivity contribution in [1.82, 2.24) is 9.88 Å². The number of fused-ring (bicyclic) bond motifs is 1. The number of carbonyl (C=O) groups is 1. The number of alkyl halides is 3. The predicted molar refractivity (Wildman–Crippen MR) is 131 cm³/mol. The molecule has 0 fully saturated rings. The molecular weight excluding hydrogens is 485 g/mol. The molecule has 0 radical (unpaired) electrons. The quantitative estimate of drug-likeness (QED) is 0.389. The zero-order chi connectivity index (χ0) is 26.2. The van der Waals surface area contributed by atoms with E-state index in [1.807, 2.05) is 6.07 Å². The fourth-order valence-electron chi connectivity index (χ4n) is 4.24. The van der Waals surface area contributed by atoms with Crippen molar-refractivity contribution in [3.05, 3.63) is 112 Å². The van der Waals surface area contributed by atoms with Crippen molar-refractivity contribution in [2.45, 2.75) is 19.6 Å². The molecule has 0 aliphatic carbocycles. The van der Waals surface area contributed by atoms with Gasteiger partial charge in [-0.15, -0.1) is 0 Å². The number of amides is 1. The Balaban J connectivity index is 1.57. The number of aromatic nitrogens is 1. The number of pyridine rings is 1. The zero-order valence-electron chi connectivity index (χ0n) is 19.6. The second-order valence-electron chi connectivity index (χ2n) is 8.48. The summed E-state index contributed by atoms with van der Waals surface area (Å²) in [5.74, 6) is 0.506. The summed E-state index contributed by atoms with van der Waals surface area (Å²) >= 11 is 0. The van der Waals surface area contributed by atoms with Crippen molar-refractivity contribution in [3.63, 3.8) is 0 Å². The first-order valence-corrected chi connectivity index (χ1v) is 11.4. The SMILES string of the molecule is Cc1c(-c2ccccc2)cc(C(=O)NCc2ccc3c(c2)OCO3)c(=O)n1-c1cccc(C(F)(F)F)c1. The monoisotopic (exact) mass is 506 g/mol. The van der Waals surface area contributed by atoms with Crippen molar-refractivity contribution >= 4 is 5.91 Å². The van der Waals surface area contributed by atoms with Crippen molar-refractivity contribution in [2.75, 3.05) is 6.79 Å². The summed E-state index contributed by atoms with van der Waals surface area (Å²) in [4.78, 5) is 26.7. The molecule has 9 heteroatoms. The van der Waals surface area contributed by atoms with Gasteiger partial charge >= 0.3 is 6.18 Å². The number of nitrogens with zero attached hydrogens (tertiary/aromatic N) is 1. The highest BCUT2D eigenvalue weighted by Gasteiger charge is 2.31. The molecule has 0 atom stereocenters. The second kappa shape index (κ2) is 9.50. The molecule has 2 heterocycles. The highest BCUT2D eigenvalue weighted by molar-refractivity contribution is 5.95. The van der Waals surface area contributed by atoms with Crippen LogP contribution in [0.4, 0.5) is 13.2 Å². The number of ether oxygens (including phenoxy) is 2. The highest BCUT2D eigenvalue weighted by Crippen LogP contribution is 2.33. The van der Waals surface area contributed by atoms with Gasteiger partial charge < -0.3 is 14.8 Å². The van der Waals surface area contributed by atoms with Crippen molar-refractivity contribution in [1.29, 1.82) is 0 Å². The van der Waals surface area contributed by atoms with Gasteiger partial charge in [0, 0.05) is 23.5 Å². The van der Waals surface area contributed by atoms with E-state index in [-0.39, 0.29) is 24.6 Å². The van der Waals surface area contributed by atoms with Crippen molar-refractivity contribution in [2.24, 2.45) is 0 Å². The van der Waals surface area contributed by atoms with E-state index in [0.29, 0.717) is 28.3 Å². The Morgan fingerprint density at radius 3 is 2.46 bits per heavy atom. The van der Waals surface area contributed by atoms with E-state index >= 15 is 0 Å². The van der Waals surface area contributed by atoms with Crippen LogP contribution in [0.3, 0.4) is 0 Å². The normalized spacial score (nSPS) is 12.4. The third kappa shape index (κ3) is 4.80. The molecule has 1 aliphatic heterocycles. The van der Waals surface area contributed by atoms with Gasteiger partial charge in [0.25, 0.3) is 11.5 Å². The Morgan fingerprint density at radius 2 is 1.70 bits per heavy atom. The topological polar surface area (TPSA) is 69.6 Å². The summed E-state index contributed by atoms with van der Waals surface area (Å²) in [7, 11) is 0. The number of halogens is 3. The third-order valence-corrected chi connectivity index (χ3v) is 6.10. The molecule has 0 bridgehead atoms. The summed E-state index contributed by atoms with van der Waals surface area (Å²) in [6.45, 7) is 1.86. The van der Waals surface area contributed by atoms with Gasteiger partial charge in [0.2, 0.25) is 6.79 Å². The summed E-state index contributed by atoms with van der Waals surface area (Å²) in [6.07, 6.45) is -4.59. The van der Waals surface area contributed by atoms with E-state index in [4.69, 9.17) is 9.47 Å². The van der Waals surface area contributed by atoms with E-state index in [1.165, 1.54) is 18.2 Å². The van der Waals surface area contributed by atoms with Gasteiger partial charge in [0.15, 0.2) is 11.5 Å². The van der Waals surface area contributed by atoms with Crippen LogP contribution in [0.1, 0.15) is 27.2 Å². The first kappa shape index (κ1) is 24.2. The number of hydrogen-bond donors (Lipinski definition) is 1. The number of nitrogens with one attached hydrogen (secondary N) is 1. The molecule has 1 amide bonds. The molecule has 3 aromatic carbocycles. The van der Waals surface area contributed by atoms with E-state index in [9.17, 15) is 22.8 Å². The average molecular weight is 506 g/mol. The van der Waals surface area contributed by atoms with Crippen LogP contribution in [0.2, 0.25) is 0 Å². The molecule has 6 nitrogen and oxygen atoms in total. The molecule has 0 unspecified atom stereocenters. The molecule has 0 saturated heterocycles. The molecule has 1 N–H and O–H groups in total. The number of hydrogen-bond acceptors (Lipinski definition) is 4. The fraction of sp³-hybridized carbons (Fsp3) is 0.143. The molecular formula is C28H21F3N2O4. The molecule has 188 valence electrons. The van der Waals surface area contributed by atoms with Crippen molar-refractivity contribution < 1.29 is 27.4 Å². The fourth-order valence-corrected chi connectivity index (χ4v) is 4.24. The Morgan fingerprint density at radius 1 is 0.946 bits per heavy atom. The summed E-state index contributed by atoms with van der Waals surface area (Å²) in [5, 5.41) is 2.73. The Hall–Kier alpha value is -4.53. The minimum atomic E-state index is -4.59. The molecule has 0 spiro atoms. The summed E-state index contributed by atoms with van der Waals surface area (Å²) in [6, 6.07) is 20.2. The molecule has 0 saturated carbocycles. The Labute approximate surface area is 209 Å². The standard InChI is InChI=1S/C28H21F3N2O4/c1-17-22(19-6-3-2-4-7-19)14-23(26(34)32-15-18-10-11-24-25(12-18)37-16-36-24)27(35)33(17)21-9-5-8-20(13-21)28(29,30)31/h2-14H,15-16H2,1H3,(H,32,34). The predicted octanol–water partition coefficient (Wildman–Crippen LogP) is 5.49. The molecule has 1 aromatic heterocycles. The highest BCUT2D eigenvalue weighted by atomic mass is 19.4. The largest absolute Gasteiger partial charge is 0.454 e. The molecule has 1 aliphatic rings. The van der Waals surface area contributed by atoms with E-state index in [2.05, 4.69) is 5.32 Å². The van der Waals surface area contributed by atoms with Gasteiger partial charge in [-0.05, 0) is 54.4 Å². The van der Waals surface area contributed by atoms with Crippen LogP contribution in [0, 0.1) is 6.92 Å². The van der Waals surface area contributed by atoms with Crippen LogP contribution >= 0.6 is 0 Å². The average Bonchev–Trinajstić information content (AvgIpc) is 3.36. The van der Waals surface area contributed by atoms with E-state index in [1.54, 1.807) is 49.4 Å². The minimum Gasteiger partial charge on any atom is -0.454 e. The van der Waals surface area contributed by atoms with Crippen LogP contribution in [0.5, 0.6) is 11.5 Å². The van der Waals surface area contributed by atoms with Crippen LogP contribution in [-0.4, -0.2) is 17.3 Å². The van der Waals surface area contributed by atoms with Crippen LogP contribution in [0.15, 0.2) is 83.7 Å². The number of carbonyl (C=O) groups excluding carboxylic acids is 1. The Bertz CT molecular complexity index is 1550. The smallest absolute Gasteiger partial charge is 0.416 e. The molecule has 37 heavy (non-hydrogen) atoms. The van der Waals surface area contributed by atoms with Gasteiger partial charge in [-0.1, -0.05) is 42.5 Å². The van der Waals surface area contributed by atoms with Gasteiger partial charge in [-0.3, -0.25) is 14.2 Å². The number of benzene rings is 3. The minimum absolute atomic E-state index is 0.0138. The van der Waals surface area contributed by atoms with Crippen LogP contribution < -0.4 is 20.3 Å². The maximum atomic E-state index is 13.5. The third-order valence-electron chi connectivity index (χ3n) is 6.10. The van der Waals surface area contributed by atoms with Gasteiger partial charge in [-0.25, -0.2) is 0 Å². The molecule has 4 aromatic rings. The summed E-state index contributed by atoms with van der Waals surface area (Å²) in [5.41, 5.74) is 0.600. The first-order chi connectivity index (χ1) is 17.7. The van der Waals surface area contributed by atoms with Gasteiger partial charge in [0.1, 0.15) is 5.56 Å². The van der Waals surface area contributed by atoms with Crippen LogP contribution in [0.25, 0.3) is 16.8 Å². The lowest BCUT2D eigenvalue weighted by Gasteiger charge is -2.18. The maximum absolute atomic E-state index is 13.5. The van der Waals surface area contributed by atoms with Crippen molar-refractivity contribution in [3.8, 4) is 28.3 Å². The van der Waals surface area contributed by atoms with Crippen LogP contribution in [-0.2, 0) is 12.7 Å². The lowest BCUT2D eigenvalue weighted by molar-refractivity contribution is -0.137. The Kier molecular flexibility index (Phi) is 6.20. The first-order valence-electron chi connectivity index (χ1n) is 11.4. The van der Waals surface area contributed by atoms with E-state index in [0.717, 1.165) is 22.3 Å². The summed E-state index contributed by atoms with van der Waals surface area (Å²) < 4.78 is 52.0. The lowest BCUT2D eigenvalue weighted by Crippen LogP contribution is -2.33. The lowest BCUT2D eigenvalue weighted by atomic mass is 10.0. The van der Waals surface area contributed by atoms with Gasteiger partial charge in [0.05, 0.1) is 5.56 Å². The van der Waals surface area contributed by atoms with Gasteiger partial charge in [-0.2, -0.15) is 13.2 Å². The second-order valence-corrected chi connectivity index (χ2v) is 8.48.